The Kier molecular flexibility index (Phi) is 4.46. The van der Waals surface area contributed by atoms with Gasteiger partial charge in [-0.2, -0.15) is 11.8 Å². The number of nitrogens with one attached hydrogen (secondary N) is 1. The second kappa shape index (κ2) is 5.70. The van der Waals surface area contributed by atoms with Crippen molar-refractivity contribution < 1.29 is 0 Å². The topological polar surface area (TPSA) is 50.9 Å². The van der Waals surface area contributed by atoms with Crippen molar-refractivity contribution >= 4 is 23.3 Å². The van der Waals surface area contributed by atoms with Crippen molar-refractivity contribution in [2.75, 3.05) is 29.6 Å². The van der Waals surface area contributed by atoms with Crippen molar-refractivity contribution in [1.29, 1.82) is 0 Å². The third kappa shape index (κ3) is 4.03. The van der Waals surface area contributed by atoms with Crippen molar-refractivity contribution in [2.24, 2.45) is 0 Å². The molecule has 0 atom stereocenters. The third-order valence-corrected chi connectivity index (χ3v) is 2.31. The minimum absolute atomic E-state index is 0.752. The van der Waals surface area contributed by atoms with Gasteiger partial charge < -0.3 is 11.1 Å². The Balaban J connectivity index is 2.28. The molecule has 0 saturated heterocycles. The van der Waals surface area contributed by atoms with Crippen LogP contribution in [0.1, 0.15) is 6.42 Å². The fourth-order valence-corrected chi connectivity index (χ4v) is 1.41. The Hall–Kier alpha value is -0.900. The molecule has 0 fully saturated rings. The Morgan fingerprint density at radius 1 is 1.62 bits per heavy atom. The molecule has 13 heavy (non-hydrogen) atoms. The monoisotopic (exact) mass is 197 g/mol. The van der Waals surface area contributed by atoms with Crippen molar-refractivity contribution in [3.8, 4) is 0 Å². The lowest BCUT2D eigenvalue weighted by atomic mass is 10.4. The Bertz CT molecular complexity index is 252. The van der Waals surface area contributed by atoms with Crippen molar-refractivity contribution in [3.63, 3.8) is 0 Å². The fourth-order valence-electron chi connectivity index (χ4n) is 0.977. The molecule has 0 radical (unpaired) electrons. The lowest BCUT2D eigenvalue weighted by Crippen LogP contribution is -2.04. The molecule has 0 aromatic carbocycles. The zero-order valence-corrected chi connectivity index (χ0v) is 8.60. The van der Waals surface area contributed by atoms with E-state index in [0.717, 1.165) is 24.5 Å². The first-order chi connectivity index (χ1) is 6.33. The summed E-state index contributed by atoms with van der Waals surface area (Å²) in [6.07, 6.45) is 4.97. The highest BCUT2D eigenvalue weighted by molar-refractivity contribution is 7.98. The maximum atomic E-state index is 5.60. The van der Waals surface area contributed by atoms with Gasteiger partial charge >= 0.3 is 0 Å². The molecule has 4 heteroatoms. The van der Waals surface area contributed by atoms with Crippen LogP contribution in [0.5, 0.6) is 0 Å². The van der Waals surface area contributed by atoms with Crippen LogP contribution in [0.3, 0.4) is 0 Å². The molecule has 1 aromatic heterocycles. The largest absolute Gasteiger partial charge is 0.399 e. The van der Waals surface area contributed by atoms with Gasteiger partial charge in [0.05, 0.1) is 0 Å². The normalized spacial score (nSPS) is 9.92. The summed E-state index contributed by atoms with van der Waals surface area (Å²) in [4.78, 5) is 4.14. The number of thioether (sulfide) groups is 1. The number of nitrogens with two attached hydrogens (primary N) is 1. The molecule has 0 bridgehead atoms. The first-order valence-corrected chi connectivity index (χ1v) is 5.66. The van der Waals surface area contributed by atoms with Crippen LogP contribution in [-0.2, 0) is 0 Å². The average molecular weight is 197 g/mol. The van der Waals surface area contributed by atoms with Crippen LogP contribution in [-0.4, -0.2) is 23.5 Å². The first-order valence-electron chi connectivity index (χ1n) is 4.27. The van der Waals surface area contributed by atoms with Crippen LogP contribution in [0.4, 0.5) is 11.5 Å². The molecular formula is C9H15N3S. The number of nitrogens with zero attached hydrogens (tertiary/aromatic N) is 1. The number of hydrogen-bond donors (Lipinski definition) is 2. The molecule has 3 N–H and O–H groups in total. The standard InChI is InChI=1S/C9H15N3S/c1-13-6-2-4-11-9-7-8(10)3-5-12-9/h3,5,7H,2,4,6H2,1H3,(H3,10,11,12). The van der Waals surface area contributed by atoms with E-state index in [4.69, 9.17) is 5.73 Å². The van der Waals surface area contributed by atoms with E-state index in [2.05, 4.69) is 16.6 Å². The first kappa shape index (κ1) is 10.2. The lowest BCUT2D eigenvalue weighted by Gasteiger charge is -2.04. The summed E-state index contributed by atoms with van der Waals surface area (Å²) in [5.74, 6) is 2.04. The minimum atomic E-state index is 0.752. The molecule has 0 aliphatic rings. The molecule has 0 saturated carbocycles. The maximum Gasteiger partial charge on any atom is 0.127 e. The Morgan fingerprint density at radius 3 is 3.15 bits per heavy atom. The van der Waals surface area contributed by atoms with E-state index in [1.54, 1.807) is 12.3 Å². The van der Waals surface area contributed by atoms with Gasteiger partial charge in [-0.25, -0.2) is 4.98 Å². The van der Waals surface area contributed by atoms with Crippen LogP contribution in [0.15, 0.2) is 18.3 Å². The van der Waals surface area contributed by atoms with Gasteiger partial charge in [-0.05, 0) is 24.5 Å². The summed E-state index contributed by atoms with van der Waals surface area (Å²) in [5.41, 5.74) is 6.36. The second-order valence-electron chi connectivity index (χ2n) is 2.75. The van der Waals surface area contributed by atoms with Crippen LogP contribution >= 0.6 is 11.8 Å². The van der Waals surface area contributed by atoms with Gasteiger partial charge in [0.2, 0.25) is 0 Å². The van der Waals surface area contributed by atoms with E-state index in [0.29, 0.717) is 0 Å². The van der Waals surface area contributed by atoms with E-state index in [1.165, 1.54) is 5.75 Å². The SMILES string of the molecule is CSCCCNc1cc(N)ccn1. The van der Waals surface area contributed by atoms with E-state index >= 15 is 0 Å². The summed E-state index contributed by atoms with van der Waals surface area (Å²) in [6.45, 7) is 0.956. The molecule has 0 amide bonds. The molecule has 0 spiro atoms. The molecular weight excluding hydrogens is 182 g/mol. The highest BCUT2D eigenvalue weighted by atomic mass is 32.2. The zero-order chi connectivity index (χ0) is 9.52. The highest BCUT2D eigenvalue weighted by Crippen LogP contribution is 2.07. The Morgan fingerprint density at radius 2 is 2.46 bits per heavy atom. The average Bonchev–Trinajstić information content (AvgIpc) is 2.13. The fraction of sp³-hybridized carbons (Fsp3) is 0.444. The highest BCUT2D eigenvalue weighted by Gasteiger charge is 1.92. The predicted octanol–water partition coefficient (Wildman–Crippen LogP) is 1.83. The van der Waals surface area contributed by atoms with Gasteiger partial charge in [0.25, 0.3) is 0 Å². The smallest absolute Gasteiger partial charge is 0.127 e. The Labute approximate surface area is 83.1 Å². The molecule has 72 valence electrons. The predicted molar refractivity (Wildman–Crippen MR) is 60.1 cm³/mol. The van der Waals surface area contributed by atoms with E-state index < -0.39 is 0 Å². The number of nitrogen functional groups attached to an aromatic ring is 1. The van der Waals surface area contributed by atoms with Gasteiger partial charge in [-0.3, -0.25) is 0 Å². The van der Waals surface area contributed by atoms with Crippen LogP contribution in [0.2, 0.25) is 0 Å². The maximum absolute atomic E-state index is 5.60. The van der Waals surface area contributed by atoms with Gasteiger partial charge in [0.15, 0.2) is 0 Å². The van der Waals surface area contributed by atoms with Crippen LogP contribution in [0.25, 0.3) is 0 Å². The molecule has 3 nitrogen and oxygen atoms in total. The van der Waals surface area contributed by atoms with Gasteiger partial charge in [-0.1, -0.05) is 0 Å². The molecule has 1 rings (SSSR count). The van der Waals surface area contributed by atoms with Gasteiger partial charge in [-0.15, -0.1) is 0 Å². The van der Waals surface area contributed by atoms with E-state index in [-0.39, 0.29) is 0 Å². The van der Waals surface area contributed by atoms with Gasteiger partial charge in [0.1, 0.15) is 5.82 Å². The summed E-state index contributed by atoms with van der Waals surface area (Å²) in [7, 11) is 0. The lowest BCUT2D eigenvalue weighted by molar-refractivity contribution is 0.982. The quantitative estimate of drug-likeness (QED) is 0.707. The molecule has 1 heterocycles. The number of anilines is 2. The van der Waals surface area contributed by atoms with E-state index in [1.807, 2.05) is 17.8 Å². The third-order valence-electron chi connectivity index (χ3n) is 1.62. The summed E-state index contributed by atoms with van der Waals surface area (Å²) in [6, 6.07) is 3.63. The van der Waals surface area contributed by atoms with Crippen molar-refractivity contribution in [3.05, 3.63) is 18.3 Å². The summed E-state index contributed by atoms with van der Waals surface area (Å²) in [5, 5.41) is 3.22. The molecule has 0 unspecified atom stereocenters. The molecule has 1 aromatic rings. The molecule has 0 aliphatic carbocycles. The van der Waals surface area contributed by atoms with Crippen molar-refractivity contribution in [2.45, 2.75) is 6.42 Å². The molecule has 0 aliphatic heterocycles. The number of rotatable bonds is 5. The summed E-state index contributed by atoms with van der Waals surface area (Å²) >= 11 is 1.85. The zero-order valence-electron chi connectivity index (χ0n) is 7.79. The number of hydrogen-bond acceptors (Lipinski definition) is 4. The van der Waals surface area contributed by atoms with Gasteiger partial charge in [0, 0.05) is 24.5 Å². The van der Waals surface area contributed by atoms with E-state index in [9.17, 15) is 0 Å². The van der Waals surface area contributed by atoms with Crippen LogP contribution in [0, 0.1) is 0 Å². The number of aromatic nitrogens is 1. The van der Waals surface area contributed by atoms with Crippen LogP contribution < -0.4 is 11.1 Å². The number of pyridine rings is 1. The minimum Gasteiger partial charge on any atom is -0.399 e. The second-order valence-corrected chi connectivity index (χ2v) is 3.73. The van der Waals surface area contributed by atoms with Crippen molar-refractivity contribution in [1.82, 2.24) is 4.98 Å². The summed E-state index contributed by atoms with van der Waals surface area (Å²) < 4.78 is 0.